The Balaban J connectivity index is 1.63. The van der Waals surface area contributed by atoms with Crippen molar-refractivity contribution in [1.82, 2.24) is 15.6 Å². The molecular formula is C21H27N3O4. The summed E-state index contributed by atoms with van der Waals surface area (Å²) in [5.41, 5.74) is 3.43. The molecule has 150 valence electrons. The Morgan fingerprint density at radius 2 is 2.00 bits per heavy atom. The van der Waals surface area contributed by atoms with Crippen molar-refractivity contribution in [2.75, 3.05) is 6.61 Å². The number of fused-ring (bicyclic) bond motifs is 3. The molecule has 7 nitrogen and oxygen atoms in total. The number of carbonyl (C=O) groups excluding carboxylic acids is 3. The van der Waals surface area contributed by atoms with Crippen LogP contribution in [0.15, 0.2) is 18.2 Å². The van der Waals surface area contributed by atoms with Crippen LogP contribution in [0.25, 0.3) is 10.9 Å². The standard InChI is InChI=1S/C21H27N3O4/c1-12-5-7-16-14(9-12)15-10-13(6-8-17(15)22-16)19(26)28-11-18(25)23-20(27)24-21(2,3)4/h6,8,10,12,22H,5,7,9,11H2,1-4H3,(H2,23,24,25,27). The Hall–Kier alpha value is -2.83. The number of amides is 3. The van der Waals surface area contributed by atoms with Gasteiger partial charge in [0.2, 0.25) is 0 Å². The quantitative estimate of drug-likeness (QED) is 0.707. The van der Waals surface area contributed by atoms with E-state index in [2.05, 4.69) is 22.5 Å². The number of carbonyl (C=O) groups is 3. The fourth-order valence-electron chi connectivity index (χ4n) is 3.47. The molecule has 2 aromatic rings. The molecule has 0 radical (unpaired) electrons. The summed E-state index contributed by atoms with van der Waals surface area (Å²) >= 11 is 0. The second kappa shape index (κ2) is 7.66. The smallest absolute Gasteiger partial charge is 0.338 e. The highest BCUT2D eigenvalue weighted by Crippen LogP contribution is 2.32. The van der Waals surface area contributed by atoms with Crippen molar-refractivity contribution in [2.45, 2.75) is 52.5 Å². The first kappa shape index (κ1) is 19.9. The number of hydrogen-bond acceptors (Lipinski definition) is 4. The normalized spacial score (nSPS) is 16.4. The lowest BCUT2D eigenvalue weighted by Crippen LogP contribution is -2.49. The van der Waals surface area contributed by atoms with Gasteiger partial charge in [-0.25, -0.2) is 9.59 Å². The Morgan fingerprint density at radius 3 is 2.71 bits per heavy atom. The summed E-state index contributed by atoms with van der Waals surface area (Å²) in [6.45, 7) is 7.11. The van der Waals surface area contributed by atoms with Crippen LogP contribution < -0.4 is 10.6 Å². The van der Waals surface area contributed by atoms with Crippen LogP contribution in [-0.4, -0.2) is 35.0 Å². The lowest BCUT2D eigenvalue weighted by molar-refractivity contribution is -0.123. The van der Waals surface area contributed by atoms with Crippen molar-refractivity contribution >= 4 is 28.8 Å². The maximum Gasteiger partial charge on any atom is 0.338 e. The van der Waals surface area contributed by atoms with Crippen LogP contribution in [0.4, 0.5) is 4.79 Å². The lowest BCUT2D eigenvalue weighted by atomic mass is 9.87. The summed E-state index contributed by atoms with van der Waals surface area (Å²) in [6, 6.07) is 4.74. The molecule has 0 saturated heterocycles. The number of esters is 1. The zero-order chi connectivity index (χ0) is 20.5. The maximum absolute atomic E-state index is 12.3. The third kappa shape index (κ3) is 4.71. The zero-order valence-corrected chi connectivity index (χ0v) is 16.8. The average Bonchev–Trinajstić information content (AvgIpc) is 2.95. The highest BCUT2D eigenvalue weighted by molar-refractivity contribution is 5.99. The van der Waals surface area contributed by atoms with Gasteiger partial charge in [0, 0.05) is 22.1 Å². The number of imide groups is 1. The number of aromatic nitrogens is 1. The van der Waals surface area contributed by atoms with Crippen LogP contribution in [0, 0.1) is 5.92 Å². The van der Waals surface area contributed by atoms with Gasteiger partial charge in [0.1, 0.15) is 0 Å². The number of H-pyrrole nitrogens is 1. The Morgan fingerprint density at radius 1 is 1.25 bits per heavy atom. The van der Waals surface area contributed by atoms with Gasteiger partial charge in [-0.15, -0.1) is 0 Å². The van der Waals surface area contributed by atoms with E-state index >= 15 is 0 Å². The van der Waals surface area contributed by atoms with Gasteiger partial charge >= 0.3 is 12.0 Å². The van der Waals surface area contributed by atoms with E-state index in [1.165, 1.54) is 11.3 Å². The zero-order valence-electron chi connectivity index (χ0n) is 16.8. The number of benzene rings is 1. The molecule has 0 spiro atoms. The van der Waals surface area contributed by atoms with Crippen LogP contribution in [0.1, 0.15) is 55.7 Å². The van der Waals surface area contributed by atoms with Crippen molar-refractivity contribution in [3.05, 3.63) is 35.0 Å². The van der Waals surface area contributed by atoms with E-state index in [1.807, 2.05) is 12.1 Å². The lowest BCUT2D eigenvalue weighted by Gasteiger charge is -2.20. The van der Waals surface area contributed by atoms with Crippen molar-refractivity contribution in [1.29, 1.82) is 0 Å². The number of aromatic amines is 1. The van der Waals surface area contributed by atoms with Crippen molar-refractivity contribution in [3.63, 3.8) is 0 Å². The van der Waals surface area contributed by atoms with E-state index < -0.39 is 30.1 Å². The molecule has 3 rings (SSSR count). The van der Waals surface area contributed by atoms with Gasteiger partial charge in [-0.05, 0) is 69.7 Å². The van der Waals surface area contributed by atoms with Gasteiger partial charge in [0.05, 0.1) is 5.56 Å². The molecule has 7 heteroatoms. The van der Waals surface area contributed by atoms with Crippen molar-refractivity contribution in [2.24, 2.45) is 5.92 Å². The monoisotopic (exact) mass is 385 g/mol. The summed E-state index contributed by atoms with van der Waals surface area (Å²) in [5, 5.41) is 5.78. The number of hydrogen-bond donors (Lipinski definition) is 3. The fourth-order valence-corrected chi connectivity index (χ4v) is 3.47. The molecule has 1 aliphatic carbocycles. The van der Waals surface area contributed by atoms with Crippen LogP contribution in [0.3, 0.4) is 0 Å². The Labute approximate surface area is 164 Å². The minimum Gasteiger partial charge on any atom is -0.452 e. The number of ether oxygens (including phenoxy) is 1. The van der Waals surface area contributed by atoms with Crippen molar-refractivity contribution < 1.29 is 19.1 Å². The van der Waals surface area contributed by atoms with E-state index in [9.17, 15) is 14.4 Å². The second-order valence-electron chi connectivity index (χ2n) is 8.52. The first-order valence-electron chi connectivity index (χ1n) is 9.55. The summed E-state index contributed by atoms with van der Waals surface area (Å²) in [6.07, 6.45) is 3.16. The Bertz CT molecular complexity index is 924. The SMILES string of the molecule is CC1CCc2[nH]c3ccc(C(=O)OCC(=O)NC(=O)NC(C)(C)C)cc3c2C1. The largest absolute Gasteiger partial charge is 0.452 e. The molecule has 0 aliphatic heterocycles. The van der Waals surface area contributed by atoms with Crippen LogP contribution in [0.5, 0.6) is 0 Å². The van der Waals surface area contributed by atoms with Crippen LogP contribution in [-0.2, 0) is 22.4 Å². The van der Waals surface area contributed by atoms with Crippen LogP contribution in [0.2, 0.25) is 0 Å². The molecule has 0 bridgehead atoms. The third-order valence-electron chi connectivity index (χ3n) is 4.75. The highest BCUT2D eigenvalue weighted by atomic mass is 16.5. The van der Waals surface area contributed by atoms with Crippen molar-refractivity contribution in [3.8, 4) is 0 Å². The summed E-state index contributed by atoms with van der Waals surface area (Å²) in [4.78, 5) is 39.3. The minimum absolute atomic E-state index is 0.388. The molecule has 3 N–H and O–H groups in total. The molecule has 1 heterocycles. The van der Waals surface area contributed by atoms with Gasteiger partial charge in [0.15, 0.2) is 6.61 Å². The first-order valence-corrected chi connectivity index (χ1v) is 9.55. The molecule has 28 heavy (non-hydrogen) atoms. The van der Waals surface area contributed by atoms with E-state index in [4.69, 9.17) is 4.74 Å². The maximum atomic E-state index is 12.3. The number of rotatable bonds is 3. The van der Waals surface area contributed by atoms with Gasteiger partial charge in [-0.2, -0.15) is 0 Å². The molecule has 1 aromatic heterocycles. The number of urea groups is 1. The van der Waals surface area contributed by atoms with Crippen LogP contribution >= 0.6 is 0 Å². The summed E-state index contributed by atoms with van der Waals surface area (Å²) in [7, 11) is 0. The molecule has 1 aromatic carbocycles. The van der Waals surface area contributed by atoms with E-state index in [0.717, 1.165) is 30.2 Å². The molecular weight excluding hydrogens is 358 g/mol. The predicted molar refractivity (Wildman–Crippen MR) is 106 cm³/mol. The molecule has 1 unspecified atom stereocenters. The average molecular weight is 385 g/mol. The van der Waals surface area contributed by atoms with Gasteiger partial charge in [0.25, 0.3) is 5.91 Å². The second-order valence-corrected chi connectivity index (χ2v) is 8.52. The topological polar surface area (TPSA) is 100 Å². The van der Waals surface area contributed by atoms with E-state index in [-0.39, 0.29) is 0 Å². The van der Waals surface area contributed by atoms with E-state index in [0.29, 0.717) is 11.5 Å². The minimum atomic E-state index is -0.677. The third-order valence-corrected chi connectivity index (χ3v) is 4.75. The molecule has 3 amide bonds. The highest BCUT2D eigenvalue weighted by Gasteiger charge is 2.21. The molecule has 1 aliphatic rings. The van der Waals surface area contributed by atoms with Gasteiger partial charge < -0.3 is 15.0 Å². The molecule has 0 saturated carbocycles. The Kier molecular flexibility index (Phi) is 5.45. The summed E-state index contributed by atoms with van der Waals surface area (Å²) in [5.74, 6) is -0.652. The predicted octanol–water partition coefficient (Wildman–Crippen LogP) is 3.07. The molecule has 0 fully saturated rings. The first-order chi connectivity index (χ1) is 13.1. The van der Waals surface area contributed by atoms with Gasteiger partial charge in [-0.1, -0.05) is 6.92 Å². The summed E-state index contributed by atoms with van der Waals surface area (Å²) < 4.78 is 5.07. The van der Waals surface area contributed by atoms with E-state index in [1.54, 1.807) is 26.8 Å². The molecule has 1 atom stereocenters. The van der Waals surface area contributed by atoms with Gasteiger partial charge in [-0.3, -0.25) is 10.1 Å². The number of aryl methyl sites for hydroxylation is 1. The fraction of sp³-hybridized carbons (Fsp3) is 0.476. The number of nitrogens with one attached hydrogen (secondary N) is 3.